The summed E-state index contributed by atoms with van der Waals surface area (Å²) in [5, 5.41) is 9.63. The number of benzene rings is 1. The third-order valence-electron chi connectivity index (χ3n) is 3.65. The van der Waals surface area contributed by atoms with Crippen molar-refractivity contribution in [1.29, 1.82) is 0 Å². The molecule has 1 aromatic rings. The first-order valence-corrected chi connectivity index (χ1v) is 8.96. The maximum Gasteiger partial charge on any atom is 0.0518 e. The second kappa shape index (κ2) is 12.2. The van der Waals surface area contributed by atoms with E-state index in [1.807, 2.05) is 35.6 Å². The van der Waals surface area contributed by atoms with E-state index in [1.54, 1.807) is 0 Å². The summed E-state index contributed by atoms with van der Waals surface area (Å²) >= 11 is 0. The van der Waals surface area contributed by atoms with Gasteiger partial charge >= 0.3 is 0 Å². The van der Waals surface area contributed by atoms with Gasteiger partial charge in [0.05, 0.1) is 5.69 Å². The highest BCUT2D eigenvalue weighted by atomic mass is 16.0. The minimum Gasteiger partial charge on any atom is -0.313 e. The molecule has 0 saturated carbocycles. The van der Waals surface area contributed by atoms with Gasteiger partial charge in [-0.1, -0.05) is 58.0 Å². The summed E-state index contributed by atoms with van der Waals surface area (Å²) in [7, 11) is 0. The molecule has 0 spiro atoms. The second-order valence-electron chi connectivity index (χ2n) is 5.84. The van der Waals surface area contributed by atoms with Gasteiger partial charge in [-0.2, -0.15) is 5.53 Å². The van der Waals surface area contributed by atoms with E-state index in [-0.39, 0.29) is 0 Å². The molecule has 0 atom stereocenters. The smallest absolute Gasteiger partial charge is 0.0518 e. The van der Waals surface area contributed by atoms with Crippen LogP contribution in [0, 0.1) is 0 Å². The van der Waals surface area contributed by atoms with Gasteiger partial charge in [0.15, 0.2) is 0 Å². The Morgan fingerprint density at radius 3 is 2.12 bits per heavy atom. The predicted molar refractivity (Wildman–Crippen MR) is 101 cm³/mol. The van der Waals surface area contributed by atoms with Crippen molar-refractivity contribution in [2.45, 2.75) is 40.7 Å². The monoisotopic (exact) mass is 337 g/mol. The SMILES string of the molecule is CCN(CCNC(C)C)NNN(Nc1ccccc1)N(CC)CC. The fourth-order valence-corrected chi connectivity index (χ4v) is 2.21. The highest BCUT2D eigenvalue weighted by Gasteiger charge is 2.13. The first-order chi connectivity index (χ1) is 11.6. The number of nitrogens with zero attached hydrogens (tertiary/aromatic N) is 3. The van der Waals surface area contributed by atoms with Crippen LogP contribution in [-0.2, 0) is 0 Å². The Hall–Kier alpha value is -1.22. The van der Waals surface area contributed by atoms with Gasteiger partial charge < -0.3 is 5.32 Å². The molecule has 0 heterocycles. The first kappa shape index (κ1) is 20.8. The van der Waals surface area contributed by atoms with Crippen molar-refractivity contribution in [1.82, 2.24) is 31.6 Å². The molecule has 7 nitrogen and oxygen atoms in total. The maximum atomic E-state index is 3.43. The third kappa shape index (κ3) is 8.05. The van der Waals surface area contributed by atoms with Gasteiger partial charge in [0, 0.05) is 38.8 Å². The van der Waals surface area contributed by atoms with Crippen LogP contribution >= 0.6 is 0 Å². The molecule has 7 heteroatoms. The van der Waals surface area contributed by atoms with Crippen molar-refractivity contribution in [3.63, 3.8) is 0 Å². The molecule has 4 N–H and O–H groups in total. The second-order valence-corrected chi connectivity index (χ2v) is 5.84. The topological polar surface area (TPSA) is 57.8 Å². The molecule has 0 aromatic heterocycles. The van der Waals surface area contributed by atoms with E-state index in [9.17, 15) is 0 Å². The largest absolute Gasteiger partial charge is 0.313 e. The predicted octanol–water partition coefficient (Wildman–Crippen LogP) is 1.82. The van der Waals surface area contributed by atoms with E-state index in [2.05, 4.69) is 66.4 Å². The molecule has 0 saturated heterocycles. The molecule has 0 fully saturated rings. The van der Waals surface area contributed by atoms with Crippen LogP contribution in [0.5, 0.6) is 0 Å². The number of rotatable bonds is 13. The van der Waals surface area contributed by atoms with Crippen LogP contribution in [0.3, 0.4) is 0 Å². The summed E-state index contributed by atoms with van der Waals surface area (Å²) in [6.07, 6.45) is 0. The number of anilines is 1. The van der Waals surface area contributed by atoms with Gasteiger partial charge in [-0.25, -0.2) is 10.0 Å². The van der Waals surface area contributed by atoms with Crippen molar-refractivity contribution in [3.8, 4) is 0 Å². The Bertz CT molecular complexity index is 409. The molecular formula is C17H35N7. The van der Waals surface area contributed by atoms with E-state index >= 15 is 0 Å². The zero-order chi connectivity index (χ0) is 17.8. The van der Waals surface area contributed by atoms with Gasteiger partial charge in [0.1, 0.15) is 0 Å². The van der Waals surface area contributed by atoms with Crippen LogP contribution in [0.2, 0.25) is 0 Å². The summed E-state index contributed by atoms with van der Waals surface area (Å²) in [6.45, 7) is 15.3. The van der Waals surface area contributed by atoms with E-state index < -0.39 is 0 Å². The van der Waals surface area contributed by atoms with E-state index in [1.165, 1.54) is 0 Å². The van der Waals surface area contributed by atoms with E-state index in [4.69, 9.17) is 0 Å². The molecule has 0 aliphatic heterocycles. The zero-order valence-corrected chi connectivity index (χ0v) is 15.8. The summed E-state index contributed by atoms with van der Waals surface area (Å²) in [6, 6.07) is 10.6. The fraction of sp³-hybridized carbons (Fsp3) is 0.647. The Morgan fingerprint density at radius 1 is 0.917 bits per heavy atom. The minimum atomic E-state index is 0.503. The molecule has 0 aliphatic rings. The molecule has 24 heavy (non-hydrogen) atoms. The lowest BCUT2D eigenvalue weighted by Crippen LogP contribution is -2.62. The number of hydrogen-bond acceptors (Lipinski definition) is 7. The molecule has 0 bridgehead atoms. The van der Waals surface area contributed by atoms with E-state index in [0.29, 0.717) is 6.04 Å². The van der Waals surface area contributed by atoms with Gasteiger partial charge in [-0.3, -0.25) is 5.43 Å². The van der Waals surface area contributed by atoms with Crippen LogP contribution in [0.4, 0.5) is 5.69 Å². The number of para-hydroxylation sites is 1. The maximum absolute atomic E-state index is 3.43. The standard InChI is InChI=1S/C17H35N7/c1-6-22(15-14-18-16(4)5)20-21-24(23(7-2)8-3)19-17-12-10-9-11-13-17/h9-13,16,18-21H,6-8,14-15H2,1-5H3. The van der Waals surface area contributed by atoms with Crippen LogP contribution in [0.15, 0.2) is 30.3 Å². The summed E-state index contributed by atoms with van der Waals surface area (Å²) in [4.78, 5) is 0. The lowest BCUT2D eigenvalue weighted by Gasteiger charge is -2.36. The molecule has 0 radical (unpaired) electrons. The Morgan fingerprint density at radius 2 is 1.58 bits per heavy atom. The van der Waals surface area contributed by atoms with Gasteiger partial charge in [-0.15, -0.1) is 5.53 Å². The molecule has 0 amide bonds. The number of likely N-dealkylation sites (N-methyl/N-ethyl adjacent to an activating group) is 1. The average molecular weight is 338 g/mol. The quantitative estimate of drug-likeness (QED) is 0.410. The molecule has 138 valence electrons. The van der Waals surface area contributed by atoms with Gasteiger partial charge in [-0.05, 0) is 12.1 Å². The van der Waals surface area contributed by atoms with Crippen LogP contribution in [0.25, 0.3) is 0 Å². The first-order valence-electron chi connectivity index (χ1n) is 8.96. The highest BCUT2D eigenvalue weighted by molar-refractivity contribution is 5.41. The molecule has 1 aromatic carbocycles. The lowest BCUT2D eigenvalue weighted by atomic mass is 10.3. The highest BCUT2D eigenvalue weighted by Crippen LogP contribution is 2.07. The van der Waals surface area contributed by atoms with Gasteiger partial charge in [0.2, 0.25) is 0 Å². The summed E-state index contributed by atoms with van der Waals surface area (Å²) in [5.41, 5.74) is 10.9. The third-order valence-corrected chi connectivity index (χ3v) is 3.65. The molecule has 0 aliphatic carbocycles. The average Bonchev–Trinajstić information content (AvgIpc) is 2.59. The van der Waals surface area contributed by atoms with Crippen molar-refractivity contribution >= 4 is 5.69 Å². The normalized spacial score (nSPS) is 11.9. The number of hydrogen-bond donors (Lipinski definition) is 4. The van der Waals surface area contributed by atoms with Crippen molar-refractivity contribution in [2.75, 3.05) is 38.1 Å². The Labute approximate surface area is 147 Å². The summed E-state index contributed by atoms with van der Waals surface area (Å²) < 4.78 is 0. The molecule has 1 rings (SSSR count). The van der Waals surface area contributed by atoms with Crippen LogP contribution < -0.4 is 21.8 Å². The Balaban J connectivity index is 2.56. The number of nitrogens with one attached hydrogen (secondary N) is 4. The van der Waals surface area contributed by atoms with Crippen molar-refractivity contribution in [3.05, 3.63) is 30.3 Å². The zero-order valence-electron chi connectivity index (χ0n) is 15.8. The van der Waals surface area contributed by atoms with E-state index in [0.717, 1.165) is 38.4 Å². The van der Waals surface area contributed by atoms with Gasteiger partial charge in [0.25, 0.3) is 0 Å². The molecular weight excluding hydrogens is 302 g/mol. The van der Waals surface area contributed by atoms with Crippen LogP contribution in [0.1, 0.15) is 34.6 Å². The van der Waals surface area contributed by atoms with Crippen molar-refractivity contribution < 1.29 is 0 Å². The molecule has 0 unspecified atom stereocenters. The summed E-state index contributed by atoms with van der Waals surface area (Å²) in [5.74, 6) is 0. The van der Waals surface area contributed by atoms with Crippen molar-refractivity contribution in [2.24, 2.45) is 0 Å². The Kier molecular flexibility index (Phi) is 10.6. The number of hydrazine groups is 5. The minimum absolute atomic E-state index is 0.503. The lowest BCUT2D eigenvalue weighted by molar-refractivity contribution is -0.0816. The fourth-order valence-electron chi connectivity index (χ4n) is 2.21. The van der Waals surface area contributed by atoms with Crippen LogP contribution in [-0.4, -0.2) is 54.0 Å².